The number of thiazole rings is 1. The van der Waals surface area contributed by atoms with Crippen LogP contribution in [0.1, 0.15) is 33.8 Å². The molecule has 0 bridgehead atoms. The second-order valence-corrected chi connectivity index (χ2v) is 6.07. The van der Waals surface area contributed by atoms with E-state index in [1.54, 1.807) is 23.5 Å². The minimum Gasteiger partial charge on any atom is -0.301 e. The molecular weight excluding hydrogens is 287 g/mol. The summed E-state index contributed by atoms with van der Waals surface area (Å²) in [4.78, 5) is 19.7. The van der Waals surface area contributed by atoms with E-state index in [1.165, 1.54) is 17.0 Å². The molecule has 0 fully saturated rings. The number of benzene rings is 1. The number of Topliss-reactive ketones (excluding diaryl/α,β-unsaturated/α-hetero) is 1. The van der Waals surface area contributed by atoms with Gasteiger partial charge in [-0.3, -0.25) is 4.79 Å². The van der Waals surface area contributed by atoms with Crippen molar-refractivity contribution in [1.29, 1.82) is 0 Å². The smallest absolute Gasteiger partial charge is 0.162 e. The number of ketones is 1. The van der Waals surface area contributed by atoms with Gasteiger partial charge in [-0.25, -0.2) is 9.37 Å². The fourth-order valence-corrected chi connectivity index (χ4v) is 2.95. The number of hydrogen-bond acceptors (Lipinski definition) is 4. The second kappa shape index (κ2) is 7.43. The molecule has 0 unspecified atom stereocenters. The van der Waals surface area contributed by atoms with Gasteiger partial charge in [0.05, 0.1) is 11.2 Å². The molecule has 0 aliphatic carbocycles. The van der Waals surface area contributed by atoms with E-state index in [9.17, 15) is 9.18 Å². The summed E-state index contributed by atoms with van der Waals surface area (Å²) in [6, 6.07) is 5.74. The first-order valence-electron chi connectivity index (χ1n) is 6.92. The average Bonchev–Trinajstić information content (AvgIpc) is 2.85. The van der Waals surface area contributed by atoms with E-state index in [-0.39, 0.29) is 11.6 Å². The number of hydrogen-bond donors (Lipinski definition) is 0. The summed E-state index contributed by atoms with van der Waals surface area (Å²) in [6.07, 6.45) is 1.28. The highest BCUT2D eigenvalue weighted by molar-refractivity contribution is 7.09. The zero-order valence-electron chi connectivity index (χ0n) is 12.3. The summed E-state index contributed by atoms with van der Waals surface area (Å²) in [5.41, 5.74) is 3.52. The summed E-state index contributed by atoms with van der Waals surface area (Å²) >= 11 is 1.66. The van der Waals surface area contributed by atoms with Crippen LogP contribution >= 0.6 is 11.3 Å². The first-order chi connectivity index (χ1) is 10.1. The molecule has 1 aromatic heterocycles. The molecule has 0 saturated heterocycles. The largest absolute Gasteiger partial charge is 0.301 e. The Balaban J connectivity index is 1.75. The molecule has 1 aromatic carbocycles. The molecule has 0 radical (unpaired) electrons. The van der Waals surface area contributed by atoms with Crippen LogP contribution in [-0.2, 0) is 6.54 Å². The lowest BCUT2D eigenvalue weighted by atomic mass is 10.1. The Morgan fingerprint density at radius 1 is 1.33 bits per heavy atom. The summed E-state index contributed by atoms with van der Waals surface area (Å²) < 4.78 is 12.8. The second-order valence-electron chi connectivity index (χ2n) is 5.13. The zero-order valence-corrected chi connectivity index (χ0v) is 13.1. The minimum absolute atomic E-state index is 0.0670. The van der Waals surface area contributed by atoms with Crippen LogP contribution in [0.5, 0.6) is 0 Å². The predicted octanol–water partition coefficient (Wildman–Crippen LogP) is 3.69. The van der Waals surface area contributed by atoms with Gasteiger partial charge in [0.15, 0.2) is 5.78 Å². The summed E-state index contributed by atoms with van der Waals surface area (Å²) in [5.74, 6) is -0.247. The normalized spacial score (nSPS) is 11.0. The highest BCUT2D eigenvalue weighted by Crippen LogP contribution is 2.14. The Labute approximate surface area is 128 Å². The third kappa shape index (κ3) is 4.72. The molecule has 112 valence electrons. The predicted molar refractivity (Wildman–Crippen MR) is 83.1 cm³/mol. The Hall–Kier alpha value is -1.59. The number of aromatic nitrogens is 1. The fraction of sp³-hybridized carbons (Fsp3) is 0.375. The molecule has 0 aliphatic rings. The van der Waals surface area contributed by atoms with Crippen LogP contribution in [0.3, 0.4) is 0 Å². The number of carbonyl (C=O) groups excluding carboxylic acids is 1. The molecule has 0 aliphatic heterocycles. The van der Waals surface area contributed by atoms with E-state index in [2.05, 4.69) is 9.88 Å². The number of aryl methyl sites for hydroxylation is 1. The number of carbonyl (C=O) groups is 1. The molecule has 21 heavy (non-hydrogen) atoms. The topological polar surface area (TPSA) is 33.2 Å². The monoisotopic (exact) mass is 306 g/mol. The van der Waals surface area contributed by atoms with Crippen LogP contribution in [0.15, 0.2) is 29.8 Å². The molecule has 0 atom stereocenters. The molecule has 3 nitrogen and oxygen atoms in total. The van der Waals surface area contributed by atoms with E-state index in [0.29, 0.717) is 12.0 Å². The maximum absolute atomic E-state index is 12.8. The van der Waals surface area contributed by atoms with Gasteiger partial charge in [0.2, 0.25) is 0 Å². The van der Waals surface area contributed by atoms with Gasteiger partial charge in [-0.15, -0.1) is 11.3 Å². The van der Waals surface area contributed by atoms with Crippen molar-refractivity contribution >= 4 is 17.1 Å². The number of rotatable bonds is 7. The van der Waals surface area contributed by atoms with E-state index in [0.717, 1.165) is 25.2 Å². The van der Waals surface area contributed by atoms with Gasteiger partial charge in [-0.1, -0.05) is 0 Å². The van der Waals surface area contributed by atoms with Gasteiger partial charge in [-0.05, 0) is 51.2 Å². The SMILES string of the molecule is Cc1ncsc1CN(C)CCCC(=O)c1ccc(F)cc1. The highest BCUT2D eigenvalue weighted by Gasteiger charge is 2.08. The average molecular weight is 306 g/mol. The summed E-state index contributed by atoms with van der Waals surface area (Å²) in [5, 5.41) is 0. The van der Waals surface area contributed by atoms with Gasteiger partial charge in [-0.2, -0.15) is 0 Å². The van der Waals surface area contributed by atoms with E-state index >= 15 is 0 Å². The lowest BCUT2D eigenvalue weighted by Gasteiger charge is -2.15. The van der Waals surface area contributed by atoms with Gasteiger partial charge in [0, 0.05) is 23.4 Å². The van der Waals surface area contributed by atoms with Crippen LogP contribution in [0, 0.1) is 12.7 Å². The first-order valence-corrected chi connectivity index (χ1v) is 7.80. The quantitative estimate of drug-likeness (QED) is 0.732. The van der Waals surface area contributed by atoms with Crippen LogP contribution in [-0.4, -0.2) is 29.3 Å². The molecule has 0 N–H and O–H groups in total. The van der Waals surface area contributed by atoms with Crippen molar-refractivity contribution in [2.45, 2.75) is 26.3 Å². The van der Waals surface area contributed by atoms with Crippen molar-refractivity contribution in [2.75, 3.05) is 13.6 Å². The Bertz CT molecular complexity index is 595. The van der Waals surface area contributed by atoms with Gasteiger partial charge >= 0.3 is 0 Å². The third-order valence-corrected chi connectivity index (χ3v) is 4.29. The minimum atomic E-state index is -0.314. The lowest BCUT2D eigenvalue weighted by Crippen LogP contribution is -2.19. The molecule has 0 saturated carbocycles. The Morgan fingerprint density at radius 2 is 2.05 bits per heavy atom. The summed E-state index contributed by atoms with van der Waals surface area (Å²) in [7, 11) is 2.04. The van der Waals surface area contributed by atoms with Crippen molar-refractivity contribution in [2.24, 2.45) is 0 Å². The molecule has 0 spiro atoms. The summed E-state index contributed by atoms with van der Waals surface area (Å²) in [6.45, 7) is 3.73. The molecule has 1 heterocycles. The van der Waals surface area contributed by atoms with Gasteiger partial charge in [0.1, 0.15) is 5.82 Å². The van der Waals surface area contributed by atoms with Gasteiger partial charge < -0.3 is 4.90 Å². The first kappa shape index (κ1) is 15.8. The van der Waals surface area contributed by atoms with Crippen LogP contribution in [0.25, 0.3) is 0 Å². The Morgan fingerprint density at radius 3 is 2.67 bits per heavy atom. The van der Waals surface area contributed by atoms with Crippen molar-refractivity contribution in [3.63, 3.8) is 0 Å². The zero-order chi connectivity index (χ0) is 15.2. The lowest BCUT2D eigenvalue weighted by molar-refractivity contribution is 0.0976. The maximum atomic E-state index is 12.8. The van der Waals surface area contributed by atoms with Crippen molar-refractivity contribution in [3.05, 3.63) is 51.7 Å². The Kier molecular flexibility index (Phi) is 5.59. The van der Waals surface area contributed by atoms with E-state index in [4.69, 9.17) is 0 Å². The van der Waals surface area contributed by atoms with Crippen LogP contribution in [0.4, 0.5) is 4.39 Å². The molecule has 0 amide bonds. The highest BCUT2D eigenvalue weighted by atomic mass is 32.1. The fourth-order valence-electron chi connectivity index (χ4n) is 2.09. The van der Waals surface area contributed by atoms with Crippen molar-refractivity contribution in [3.8, 4) is 0 Å². The van der Waals surface area contributed by atoms with Gasteiger partial charge in [0.25, 0.3) is 0 Å². The van der Waals surface area contributed by atoms with Crippen LogP contribution < -0.4 is 0 Å². The molecular formula is C16H19FN2OS. The van der Waals surface area contributed by atoms with Crippen LogP contribution in [0.2, 0.25) is 0 Å². The molecule has 2 rings (SSSR count). The van der Waals surface area contributed by atoms with E-state index in [1.807, 2.05) is 19.5 Å². The maximum Gasteiger partial charge on any atom is 0.162 e. The van der Waals surface area contributed by atoms with E-state index < -0.39 is 0 Å². The molecule has 5 heteroatoms. The number of nitrogens with zero attached hydrogens (tertiary/aromatic N) is 2. The number of halogens is 1. The molecule has 2 aromatic rings. The van der Waals surface area contributed by atoms with Crippen molar-refractivity contribution in [1.82, 2.24) is 9.88 Å². The third-order valence-electron chi connectivity index (χ3n) is 3.37. The standard InChI is InChI=1S/C16H19FN2OS/c1-12-16(21-11-18-12)10-19(2)9-3-4-15(20)13-5-7-14(17)8-6-13/h5-8,11H,3-4,9-10H2,1-2H3. The van der Waals surface area contributed by atoms with Crippen molar-refractivity contribution < 1.29 is 9.18 Å².